The van der Waals surface area contributed by atoms with Crippen molar-refractivity contribution in [1.82, 2.24) is 5.32 Å². The van der Waals surface area contributed by atoms with E-state index in [1.54, 1.807) is 12.1 Å². The van der Waals surface area contributed by atoms with Crippen LogP contribution in [0.4, 0.5) is 4.79 Å². The van der Waals surface area contributed by atoms with Crippen molar-refractivity contribution in [3.8, 4) is 0 Å². The van der Waals surface area contributed by atoms with Gasteiger partial charge in [0.05, 0.1) is 11.2 Å². The minimum atomic E-state index is -0.451. The smallest absolute Gasteiger partial charge is 0.445 e. The molecule has 1 aliphatic heterocycles. The maximum atomic E-state index is 11.6. The Morgan fingerprint density at radius 3 is 2.39 bits per heavy atom. The molecule has 5 nitrogen and oxygen atoms in total. The second-order valence-corrected chi connectivity index (χ2v) is 6.50. The van der Waals surface area contributed by atoms with Crippen LogP contribution in [-0.4, -0.2) is 31.0 Å². The SMILES string of the molecule is CC1(C)OB(/C=C/CNC(=O)OCc2ccccc2)OC1(C)C. The second kappa shape index (κ2) is 7.19. The molecule has 124 valence electrons. The molecule has 23 heavy (non-hydrogen) atoms. The second-order valence-electron chi connectivity index (χ2n) is 6.50. The normalized spacial score (nSPS) is 19.0. The topological polar surface area (TPSA) is 56.8 Å². The Morgan fingerprint density at radius 2 is 1.78 bits per heavy atom. The van der Waals surface area contributed by atoms with Crippen LogP contribution in [0.25, 0.3) is 0 Å². The van der Waals surface area contributed by atoms with E-state index in [1.165, 1.54) is 0 Å². The zero-order valence-corrected chi connectivity index (χ0v) is 14.2. The Kier molecular flexibility index (Phi) is 5.49. The minimum Gasteiger partial charge on any atom is -0.445 e. The molecule has 0 aromatic heterocycles. The minimum absolute atomic E-state index is 0.258. The highest BCUT2D eigenvalue weighted by Crippen LogP contribution is 2.36. The molecule has 0 saturated carbocycles. The van der Waals surface area contributed by atoms with Gasteiger partial charge in [-0.05, 0) is 33.3 Å². The summed E-state index contributed by atoms with van der Waals surface area (Å²) >= 11 is 0. The highest BCUT2D eigenvalue weighted by Gasteiger charge is 2.49. The van der Waals surface area contributed by atoms with Crippen LogP contribution >= 0.6 is 0 Å². The third-order valence-electron chi connectivity index (χ3n) is 4.14. The zero-order chi connectivity index (χ0) is 16.9. The summed E-state index contributed by atoms with van der Waals surface area (Å²) in [5.41, 5.74) is 0.240. The van der Waals surface area contributed by atoms with Crippen LogP contribution in [0.15, 0.2) is 42.4 Å². The monoisotopic (exact) mass is 317 g/mol. The number of alkyl carbamates (subject to hydrolysis) is 1. The molecule has 1 aliphatic rings. The van der Waals surface area contributed by atoms with Gasteiger partial charge in [-0.15, -0.1) is 0 Å². The first-order valence-electron chi connectivity index (χ1n) is 7.77. The molecule has 6 heteroatoms. The summed E-state index contributed by atoms with van der Waals surface area (Å²) in [7, 11) is -0.401. The largest absolute Gasteiger partial charge is 0.486 e. The van der Waals surface area contributed by atoms with Crippen LogP contribution in [0.3, 0.4) is 0 Å². The van der Waals surface area contributed by atoms with Gasteiger partial charge in [0.25, 0.3) is 0 Å². The van der Waals surface area contributed by atoms with Crippen molar-refractivity contribution in [2.75, 3.05) is 6.54 Å². The molecule has 0 radical (unpaired) electrons. The molecule has 1 saturated heterocycles. The van der Waals surface area contributed by atoms with E-state index in [1.807, 2.05) is 58.0 Å². The fourth-order valence-electron chi connectivity index (χ4n) is 2.06. The lowest BCUT2D eigenvalue weighted by Gasteiger charge is -2.32. The maximum Gasteiger partial charge on any atom is 0.486 e. The van der Waals surface area contributed by atoms with E-state index >= 15 is 0 Å². The van der Waals surface area contributed by atoms with Gasteiger partial charge in [-0.25, -0.2) is 4.79 Å². The van der Waals surface area contributed by atoms with E-state index in [9.17, 15) is 4.79 Å². The first-order chi connectivity index (χ1) is 10.8. The molecule has 1 aromatic rings. The zero-order valence-electron chi connectivity index (χ0n) is 14.2. The van der Waals surface area contributed by atoms with Gasteiger partial charge in [-0.2, -0.15) is 0 Å². The Hall–Kier alpha value is -1.79. The van der Waals surface area contributed by atoms with E-state index in [0.717, 1.165) is 5.56 Å². The van der Waals surface area contributed by atoms with E-state index < -0.39 is 13.2 Å². The molecule has 1 N–H and O–H groups in total. The average Bonchev–Trinajstić information content (AvgIpc) is 2.70. The molecule has 1 heterocycles. The Balaban J connectivity index is 1.68. The predicted octanol–water partition coefficient (Wildman–Crippen LogP) is 3.10. The molecule has 0 atom stereocenters. The van der Waals surface area contributed by atoms with Crippen molar-refractivity contribution in [2.45, 2.75) is 45.5 Å². The summed E-state index contributed by atoms with van der Waals surface area (Å²) in [4.78, 5) is 11.6. The van der Waals surface area contributed by atoms with Gasteiger partial charge in [0.1, 0.15) is 6.61 Å². The van der Waals surface area contributed by atoms with Gasteiger partial charge in [-0.1, -0.05) is 42.4 Å². The summed E-state index contributed by atoms with van der Waals surface area (Å²) in [6, 6.07) is 9.55. The third kappa shape index (κ3) is 4.84. The fraction of sp³-hybridized carbons (Fsp3) is 0.471. The highest BCUT2D eigenvalue weighted by atomic mass is 16.7. The molecule has 2 rings (SSSR count). The van der Waals surface area contributed by atoms with Gasteiger partial charge >= 0.3 is 13.2 Å². The summed E-state index contributed by atoms with van der Waals surface area (Å²) in [6.45, 7) is 8.62. The first-order valence-corrected chi connectivity index (χ1v) is 7.77. The Morgan fingerprint density at radius 1 is 1.17 bits per heavy atom. The number of carbonyl (C=O) groups excluding carboxylic acids is 1. The first kappa shape index (κ1) is 17.6. The Labute approximate surface area is 138 Å². The summed E-state index contributed by atoms with van der Waals surface area (Å²) < 4.78 is 16.8. The van der Waals surface area contributed by atoms with E-state index in [4.69, 9.17) is 14.0 Å². The summed E-state index contributed by atoms with van der Waals surface area (Å²) in [5, 5.41) is 2.66. The maximum absolute atomic E-state index is 11.6. The number of carbonyl (C=O) groups is 1. The van der Waals surface area contributed by atoms with Crippen molar-refractivity contribution in [3.05, 3.63) is 47.9 Å². The van der Waals surface area contributed by atoms with Crippen LogP contribution < -0.4 is 5.32 Å². The van der Waals surface area contributed by atoms with Crippen LogP contribution in [0.1, 0.15) is 33.3 Å². The number of hydrogen-bond acceptors (Lipinski definition) is 4. The van der Waals surface area contributed by atoms with Crippen molar-refractivity contribution in [1.29, 1.82) is 0 Å². The van der Waals surface area contributed by atoms with Gasteiger partial charge in [0.15, 0.2) is 0 Å². The molecule has 0 unspecified atom stereocenters. The summed E-state index contributed by atoms with van der Waals surface area (Å²) in [5.74, 6) is 1.80. The fourth-order valence-corrected chi connectivity index (χ4v) is 2.06. The molecular formula is C17H24BNO4. The van der Waals surface area contributed by atoms with E-state index in [0.29, 0.717) is 6.54 Å². The number of nitrogens with one attached hydrogen (secondary N) is 1. The van der Waals surface area contributed by atoms with Crippen LogP contribution in [0.5, 0.6) is 0 Å². The van der Waals surface area contributed by atoms with Crippen molar-refractivity contribution in [3.63, 3.8) is 0 Å². The number of amides is 1. The molecule has 1 fully saturated rings. The molecule has 0 aliphatic carbocycles. The quantitative estimate of drug-likeness (QED) is 0.848. The standard InChI is InChI=1S/C17H24BNO4/c1-16(2)17(3,4)23-18(22-16)11-8-12-19-15(20)21-13-14-9-6-5-7-10-14/h5-11H,12-13H2,1-4H3,(H,19,20)/b11-8+. The highest BCUT2D eigenvalue weighted by molar-refractivity contribution is 6.51. The number of benzene rings is 1. The third-order valence-corrected chi connectivity index (χ3v) is 4.14. The molecule has 0 bridgehead atoms. The van der Waals surface area contributed by atoms with Crippen molar-refractivity contribution >= 4 is 13.2 Å². The predicted molar refractivity (Wildman–Crippen MR) is 89.9 cm³/mol. The lowest BCUT2D eigenvalue weighted by Crippen LogP contribution is -2.41. The average molecular weight is 317 g/mol. The molecule has 0 spiro atoms. The lowest BCUT2D eigenvalue weighted by molar-refractivity contribution is 0.00578. The number of ether oxygens (including phenoxy) is 1. The van der Waals surface area contributed by atoms with Gasteiger partial charge in [0.2, 0.25) is 0 Å². The molecule has 1 amide bonds. The van der Waals surface area contributed by atoms with Crippen LogP contribution in [0.2, 0.25) is 0 Å². The Bertz CT molecular complexity index is 541. The van der Waals surface area contributed by atoms with Crippen molar-refractivity contribution < 1.29 is 18.8 Å². The van der Waals surface area contributed by atoms with Gasteiger partial charge < -0.3 is 19.4 Å². The van der Waals surface area contributed by atoms with Crippen LogP contribution in [-0.2, 0) is 20.7 Å². The number of rotatable bonds is 5. The van der Waals surface area contributed by atoms with E-state index in [2.05, 4.69) is 5.32 Å². The number of hydrogen-bond donors (Lipinski definition) is 1. The molecular weight excluding hydrogens is 293 g/mol. The van der Waals surface area contributed by atoms with E-state index in [-0.39, 0.29) is 17.8 Å². The van der Waals surface area contributed by atoms with Gasteiger partial charge in [-0.3, -0.25) is 0 Å². The summed E-state index contributed by atoms with van der Waals surface area (Å²) in [6.07, 6.45) is 1.35. The van der Waals surface area contributed by atoms with Crippen molar-refractivity contribution in [2.24, 2.45) is 0 Å². The van der Waals surface area contributed by atoms with Gasteiger partial charge in [0, 0.05) is 6.54 Å². The lowest BCUT2D eigenvalue weighted by atomic mass is 9.90. The van der Waals surface area contributed by atoms with Crippen LogP contribution in [0, 0.1) is 0 Å². The molecule has 1 aromatic carbocycles.